The zero-order chi connectivity index (χ0) is 12.6. The number of rotatable bonds is 5. The van der Waals surface area contributed by atoms with Crippen molar-refractivity contribution in [1.82, 2.24) is 10.2 Å². The Morgan fingerprint density at radius 1 is 1.22 bits per heavy atom. The fourth-order valence-corrected chi connectivity index (χ4v) is 2.74. The molecule has 2 rings (SSSR count). The van der Waals surface area contributed by atoms with Gasteiger partial charge in [-0.2, -0.15) is 0 Å². The summed E-state index contributed by atoms with van der Waals surface area (Å²) in [5, 5.41) is 3.28. The Labute approximate surface area is 110 Å². The van der Waals surface area contributed by atoms with Gasteiger partial charge in [0.05, 0.1) is 6.54 Å². The number of amides is 1. The molecule has 18 heavy (non-hydrogen) atoms. The lowest BCUT2D eigenvalue weighted by Crippen LogP contribution is -2.39. The van der Waals surface area contributed by atoms with Crippen molar-refractivity contribution in [3.63, 3.8) is 0 Å². The molecule has 2 heterocycles. The Kier molecular flexibility index (Phi) is 5.94. The van der Waals surface area contributed by atoms with Gasteiger partial charge in [-0.1, -0.05) is 12.8 Å². The van der Waals surface area contributed by atoms with Crippen LogP contribution < -0.4 is 5.32 Å². The normalized spacial score (nSPS) is 25.1. The van der Waals surface area contributed by atoms with Crippen LogP contribution >= 0.6 is 0 Å². The fraction of sp³-hybridized carbons (Fsp3) is 0.929. The van der Waals surface area contributed by atoms with E-state index in [4.69, 9.17) is 4.74 Å². The third kappa shape index (κ3) is 4.58. The first-order valence-electron chi connectivity index (χ1n) is 7.42. The minimum atomic E-state index is 0.277. The van der Waals surface area contributed by atoms with Crippen LogP contribution in [0.25, 0.3) is 0 Å². The molecule has 1 N–H and O–H groups in total. The van der Waals surface area contributed by atoms with Crippen molar-refractivity contribution in [3.05, 3.63) is 0 Å². The van der Waals surface area contributed by atoms with E-state index in [1.807, 2.05) is 4.90 Å². The highest BCUT2D eigenvalue weighted by molar-refractivity contribution is 5.78. The van der Waals surface area contributed by atoms with Crippen LogP contribution in [-0.2, 0) is 9.53 Å². The lowest BCUT2D eigenvalue weighted by atomic mass is 10.1. The van der Waals surface area contributed by atoms with E-state index in [1.165, 1.54) is 32.1 Å². The van der Waals surface area contributed by atoms with Gasteiger partial charge in [-0.05, 0) is 38.1 Å². The van der Waals surface area contributed by atoms with Crippen LogP contribution in [0.3, 0.4) is 0 Å². The average molecular weight is 254 g/mol. The number of hydrogen-bond acceptors (Lipinski definition) is 3. The van der Waals surface area contributed by atoms with Crippen LogP contribution in [0.2, 0.25) is 0 Å². The van der Waals surface area contributed by atoms with Crippen LogP contribution in [0, 0.1) is 5.92 Å². The summed E-state index contributed by atoms with van der Waals surface area (Å²) >= 11 is 0. The Balaban J connectivity index is 1.55. The van der Waals surface area contributed by atoms with Crippen molar-refractivity contribution in [2.24, 2.45) is 5.92 Å². The summed E-state index contributed by atoms with van der Waals surface area (Å²) < 4.78 is 5.34. The molecule has 2 saturated heterocycles. The van der Waals surface area contributed by atoms with Crippen LogP contribution in [0.4, 0.5) is 0 Å². The first kappa shape index (κ1) is 13.8. The predicted molar refractivity (Wildman–Crippen MR) is 71.5 cm³/mol. The predicted octanol–water partition coefficient (Wildman–Crippen LogP) is 1.41. The summed E-state index contributed by atoms with van der Waals surface area (Å²) in [6.07, 6.45) is 7.21. The van der Waals surface area contributed by atoms with Gasteiger partial charge in [0.2, 0.25) is 5.91 Å². The minimum Gasteiger partial charge on any atom is -0.381 e. The van der Waals surface area contributed by atoms with E-state index in [0.717, 1.165) is 39.3 Å². The fourth-order valence-electron chi connectivity index (χ4n) is 2.74. The molecule has 4 heteroatoms. The summed E-state index contributed by atoms with van der Waals surface area (Å²) in [6.45, 7) is 5.17. The number of nitrogens with zero attached hydrogens (tertiary/aromatic N) is 1. The van der Waals surface area contributed by atoms with E-state index < -0.39 is 0 Å². The highest BCUT2D eigenvalue weighted by Crippen LogP contribution is 2.15. The summed E-state index contributed by atoms with van der Waals surface area (Å²) in [4.78, 5) is 14.0. The first-order valence-corrected chi connectivity index (χ1v) is 7.42. The van der Waals surface area contributed by atoms with E-state index in [2.05, 4.69) is 5.32 Å². The van der Waals surface area contributed by atoms with Crippen molar-refractivity contribution in [1.29, 1.82) is 0 Å². The highest BCUT2D eigenvalue weighted by atomic mass is 16.5. The molecular weight excluding hydrogens is 228 g/mol. The molecule has 1 amide bonds. The first-order chi connectivity index (χ1) is 8.86. The molecule has 0 aromatic rings. The van der Waals surface area contributed by atoms with Crippen molar-refractivity contribution in [3.8, 4) is 0 Å². The molecule has 0 saturated carbocycles. The molecule has 0 aliphatic carbocycles. The van der Waals surface area contributed by atoms with Gasteiger partial charge < -0.3 is 15.0 Å². The quantitative estimate of drug-likeness (QED) is 0.754. The van der Waals surface area contributed by atoms with Gasteiger partial charge in [0.15, 0.2) is 0 Å². The maximum absolute atomic E-state index is 12.0. The molecule has 2 aliphatic rings. The van der Waals surface area contributed by atoms with Crippen LogP contribution in [0.5, 0.6) is 0 Å². The summed E-state index contributed by atoms with van der Waals surface area (Å²) in [6, 6.07) is 0. The standard InChI is InChI=1S/C14H26N2O2/c17-14(16-8-3-1-2-4-9-16)11-15-7-5-13-6-10-18-12-13/h13,15H,1-12H2. The van der Waals surface area contributed by atoms with Gasteiger partial charge in [0, 0.05) is 26.3 Å². The molecule has 0 aromatic heterocycles. The number of carbonyl (C=O) groups excluding carboxylic acids is 1. The molecule has 0 radical (unpaired) electrons. The average Bonchev–Trinajstić information content (AvgIpc) is 2.74. The van der Waals surface area contributed by atoms with Gasteiger partial charge in [0.1, 0.15) is 0 Å². The lowest BCUT2D eigenvalue weighted by Gasteiger charge is -2.20. The topological polar surface area (TPSA) is 41.6 Å². The second kappa shape index (κ2) is 7.74. The largest absolute Gasteiger partial charge is 0.381 e. The van der Waals surface area contributed by atoms with E-state index in [1.54, 1.807) is 0 Å². The van der Waals surface area contributed by atoms with E-state index >= 15 is 0 Å². The maximum Gasteiger partial charge on any atom is 0.236 e. The van der Waals surface area contributed by atoms with Crippen LogP contribution in [0.15, 0.2) is 0 Å². The lowest BCUT2D eigenvalue weighted by molar-refractivity contribution is -0.130. The third-order valence-electron chi connectivity index (χ3n) is 3.99. The summed E-state index contributed by atoms with van der Waals surface area (Å²) in [7, 11) is 0. The highest BCUT2D eigenvalue weighted by Gasteiger charge is 2.16. The van der Waals surface area contributed by atoms with Crippen molar-refractivity contribution < 1.29 is 9.53 Å². The molecule has 1 atom stereocenters. The number of carbonyl (C=O) groups is 1. The molecule has 104 valence electrons. The van der Waals surface area contributed by atoms with Crippen molar-refractivity contribution in [2.45, 2.75) is 38.5 Å². The van der Waals surface area contributed by atoms with Gasteiger partial charge in [-0.3, -0.25) is 4.79 Å². The number of ether oxygens (including phenoxy) is 1. The molecular formula is C14H26N2O2. The smallest absolute Gasteiger partial charge is 0.236 e. The zero-order valence-electron chi connectivity index (χ0n) is 11.3. The van der Waals surface area contributed by atoms with Crippen molar-refractivity contribution >= 4 is 5.91 Å². The Morgan fingerprint density at radius 3 is 2.67 bits per heavy atom. The summed E-state index contributed by atoms with van der Waals surface area (Å²) in [5.41, 5.74) is 0. The molecule has 0 aromatic carbocycles. The number of hydrogen-bond donors (Lipinski definition) is 1. The summed E-state index contributed by atoms with van der Waals surface area (Å²) in [5.74, 6) is 0.977. The third-order valence-corrected chi connectivity index (χ3v) is 3.99. The Morgan fingerprint density at radius 2 is 2.00 bits per heavy atom. The Bertz CT molecular complexity index is 244. The van der Waals surface area contributed by atoms with E-state index in [9.17, 15) is 4.79 Å². The molecule has 1 unspecified atom stereocenters. The second-order valence-electron chi connectivity index (χ2n) is 5.49. The maximum atomic E-state index is 12.0. The monoisotopic (exact) mass is 254 g/mol. The second-order valence-corrected chi connectivity index (χ2v) is 5.49. The van der Waals surface area contributed by atoms with Crippen LogP contribution in [-0.4, -0.2) is 50.2 Å². The van der Waals surface area contributed by atoms with Crippen LogP contribution in [0.1, 0.15) is 38.5 Å². The SMILES string of the molecule is O=C(CNCCC1CCOC1)N1CCCCCC1. The molecule has 2 aliphatic heterocycles. The number of likely N-dealkylation sites (tertiary alicyclic amines) is 1. The van der Waals surface area contributed by atoms with Gasteiger partial charge in [-0.25, -0.2) is 0 Å². The molecule has 0 bridgehead atoms. The molecule has 0 spiro atoms. The Hall–Kier alpha value is -0.610. The number of nitrogens with one attached hydrogen (secondary N) is 1. The molecule has 2 fully saturated rings. The minimum absolute atomic E-state index is 0.277. The van der Waals surface area contributed by atoms with Crippen molar-refractivity contribution in [2.75, 3.05) is 39.4 Å². The zero-order valence-corrected chi connectivity index (χ0v) is 11.3. The van der Waals surface area contributed by atoms with Gasteiger partial charge in [0.25, 0.3) is 0 Å². The van der Waals surface area contributed by atoms with E-state index in [0.29, 0.717) is 12.5 Å². The van der Waals surface area contributed by atoms with E-state index in [-0.39, 0.29) is 5.91 Å². The molecule has 4 nitrogen and oxygen atoms in total. The van der Waals surface area contributed by atoms with Gasteiger partial charge in [-0.15, -0.1) is 0 Å². The van der Waals surface area contributed by atoms with Gasteiger partial charge >= 0.3 is 0 Å².